The second-order valence-electron chi connectivity index (χ2n) is 11.9. The van der Waals surface area contributed by atoms with Crippen molar-refractivity contribution in [3.8, 4) is 0 Å². The number of phosphoric acid groups is 1. The standard InChI is InChI=1S/C30H61N2O6P/c1-6-7-8-9-10-11-12-13-14-15-16-17-18-19-20-21-22-23-24-30(34)29(31-28(2)33)27-38-39(35,36)37-26-25-32(3,4)5/h23-24,29-30,34H,6-22,25-27H2,1-5H3,(H-,31,33,35,36)/b24-23+. The van der Waals surface area contributed by atoms with E-state index < -0.39 is 26.6 Å². The molecule has 9 heteroatoms. The van der Waals surface area contributed by atoms with Crippen LogP contribution < -0.4 is 10.2 Å². The normalized spacial score (nSPS) is 15.4. The molecule has 0 aliphatic heterocycles. The summed E-state index contributed by atoms with van der Waals surface area (Å²) in [6, 6.07) is -0.881. The summed E-state index contributed by atoms with van der Waals surface area (Å²) >= 11 is 0. The van der Waals surface area contributed by atoms with Crippen molar-refractivity contribution in [3.63, 3.8) is 0 Å². The first-order valence-electron chi connectivity index (χ1n) is 15.5. The van der Waals surface area contributed by atoms with Crippen LogP contribution >= 0.6 is 7.82 Å². The highest BCUT2D eigenvalue weighted by Gasteiger charge is 2.22. The van der Waals surface area contributed by atoms with Gasteiger partial charge in [0.25, 0.3) is 7.82 Å². The number of carbonyl (C=O) groups is 1. The fourth-order valence-corrected chi connectivity index (χ4v) is 5.03. The molecule has 8 nitrogen and oxygen atoms in total. The number of hydrogen-bond donors (Lipinski definition) is 2. The topological polar surface area (TPSA) is 108 Å². The highest BCUT2D eigenvalue weighted by atomic mass is 31.2. The number of rotatable bonds is 27. The molecule has 0 heterocycles. The zero-order valence-corrected chi connectivity index (χ0v) is 26.7. The van der Waals surface area contributed by atoms with E-state index >= 15 is 0 Å². The molecule has 0 fully saturated rings. The van der Waals surface area contributed by atoms with E-state index in [9.17, 15) is 19.4 Å². The Morgan fingerprint density at radius 1 is 0.872 bits per heavy atom. The number of unbranched alkanes of at least 4 members (excludes halogenated alkanes) is 16. The summed E-state index contributed by atoms with van der Waals surface area (Å²) in [6.07, 6.45) is 24.5. The number of nitrogens with zero attached hydrogens (tertiary/aromatic N) is 1. The van der Waals surface area contributed by atoms with E-state index in [2.05, 4.69) is 12.2 Å². The Bertz CT molecular complexity index is 668. The smallest absolute Gasteiger partial charge is 0.268 e. The number of aliphatic hydroxyl groups excluding tert-OH is 1. The lowest BCUT2D eigenvalue weighted by Crippen LogP contribution is -2.45. The van der Waals surface area contributed by atoms with Gasteiger partial charge >= 0.3 is 0 Å². The Morgan fingerprint density at radius 2 is 1.33 bits per heavy atom. The third-order valence-electron chi connectivity index (χ3n) is 6.78. The second-order valence-corrected chi connectivity index (χ2v) is 13.3. The molecule has 3 atom stereocenters. The minimum absolute atomic E-state index is 0.00313. The lowest BCUT2D eigenvalue weighted by atomic mass is 10.0. The number of phosphoric ester groups is 1. The predicted molar refractivity (Wildman–Crippen MR) is 159 cm³/mol. The highest BCUT2D eigenvalue weighted by molar-refractivity contribution is 7.45. The molecule has 0 spiro atoms. The van der Waals surface area contributed by atoms with Crippen molar-refractivity contribution in [3.05, 3.63) is 12.2 Å². The largest absolute Gasteiger partial charge is 0.756 e. The Kier molecular flexibility index (Phi) is 23.4. The lowest BCUT2D eigenvalue weighted by molar-refractivity contribution is -0.870. The first-order valence-corrected chi connectivity index (χ1v) is 17.0. The molecule has 0 aromatic carbocycles. The van der Waals surface area contributed by atoms with Gasteiger partial charge in [-0.1, -0.05) is 115 Å². The van der Waals surface area contributed by atoms with Crippen LogP contribution in [0.15, 0.2) is 12.2 Å². The van der Waals surface area contributed by atoms with Gasteiger partial charge in [-0.15, -0.1) is 0 Å². The van der Waals surface area contributed by atoms with E-state index in [0.717, 1.165) is 19.3 Å². The van der Waals surface area contributed by atoms with Crippen LogP contribution in [0, 0.1) is 0 Å². The Labute approximate surface area is 240 Å². The molecule has 0 bridgehead atoms. The maximum atomic E-state index is 12.0. The molecular formula is C30H61N2O6P. The van der Waals surface area contributed by atoms with Gasteiger partial charge in [0.1, 0.15) is 13.2 Å². The number of carbonyl (C=O) groups excluding carboxylic acids is 1. The zero-order valence-electron chi connectivity index (χ0n) is 25.8. The first-order chi connectivity index (χ1) is 18.5. The van der Waals surface area contributed by atoms with Gasteiger partial charge in [0.05, 0.1) is 39.9 Å². The van der Waals surface area contributed by atoms with E-state index in [1.165, 1.54) is 96.8 Å². The summed E-state index contributed by atoms with van der Waals surface area (Å²) in [5.41, 5.74) is 0. The number of hydrogen-bond acceptors (Lipinski definition) is 6. The van der Waals surface area contributed by atoms with E-state index in [0.29, 0.717) is 11.0 Å². The SMILES string of the molecule is CCCCCCCCCCCCCCCCCC/C=C/C(O)C(COP(=O)([O-])OCC[N+](C)(C)C)NC(C)=O. The van der Waals surface area contributed by atoms with Crippen molar-refractivity contribution >= 4 is 13.7 Å². The molecule has 0 aromatic heterocycles. The summed E-state index contributed by atoms with van der Waals surface area (Å²) in [6.45, 7) is 3.68. The zero-order chi connectivity index (χ0) is 29.4. The van der Waals surface area contributed by atoms with Crippen LogP contribution in [0.4, 0.5) is 0 Å². The van der Waals surface area contributed by atoms with Gasteiger partial charge in [0, 0.05) is 6.92 Å². The van der Waals surface area contributed by atoms with Gasteiger partial charge in [0.15, 0.2) is 0 Å². The van der Waals surface area contributed by atoms with Gasteiger partial charge < -0.3 is 28.8 Å². The average molecular weight is 577 g/mol. The van der Waals surface area contributed by atoms with Gasteiger partial charge in [-0.2, -0.15) is 0 Å². The number of quaternary nitrogens is 1. The summed E-state index contributed by atoms with van der Waals surface area (Å²) in [5, 5.41) is 13.0. The third kappa shape index (κ3) is 27.2. The summed E-state index contributed by atoms with van der Waals surface area (Å²) < 4.78 is 22.4. The molecule has 3 unspecified atom stereocenters. The molecule has 0 rings (SSSR count). The molecule has 0 aromatic rings. The van der Waals surface area contributed by atoms with Crippen LogP contribution in [0.1, 0.15) is 123 Å². The molecule has 39 heavy (non-hydrogen) atoms. The maximum absolute atomic E-state index is 12.0. The van der Waals surface area contributed by atoms with Crippen molar-refractivity contribution in [2.24, 2.45) is 0 Å². The Balaban J connectivity index is 3.93. The lowest BCUT2D eigenvalue weighted by Gasteiger charge is -2.29. The van der Waals surface area contributed by atoms with Crippen LogP contribution in [0.2, 0.25) is 0 Å². The second kappa shape index (κ2) is 23.9. The average Bonchev–Trinajstić information content (AvgIpc) is 2.84. The van der Waals surface area contributed by atoms with Crippen LogP contribution in [-0.2, 0) is 18.4 Å². The molecule has 0 radical (unpaired) electrons. The molecule has 0 aliphatic carbocycles. The predicted octanol–water partition coefficient (Wildman–Crippen LogP) is 6.27. The molecule has 0 saturated carbocycles. The van der Waals surface area contributed by atoms with Gasteiger partial charge in [-0.3, -0.25) is 9.36 Å². The Morgan fingerprint density at radius 3 is 1.77 bits per heavy atom. The fourth-order valence-electron chi connectivity index (χ4n) is 4.30. The molecule has 1 amide bonds. The quantitative estimate of drug-likeness (QED) is 0.0517. The van der Waals surface area contributed by atoms with Gasteiger partial charge in [-0.25, -0.2) is 0 Å². The number of likely N-dealkylation sites (N-methyl/N-ethyl adjacent to an activating group) is 1. The van der Waals surface area contributed by atoms with Crippen molar-refractivity contribution in [1.29, 1.82) is 0 Å². The first kappa shape index (κ1) is 38.2. The number of amides is 1. The van der Waals surface area contributed by atoms with Crippen LogP contribution in [0.5, 0.6) is 0 Å². The number of allylic oxidation sites excluding steroid dienone is 1. The van der Waals surface area contributed by atoms with E-state index in [1.807, 2.05) is 27.2 Å². The molecule has 2 N–H and O–H groups in total. The van der Waals surface area contributed by atoms with Gasteiger partial charge in [0.2, 0.25) is 5.91 Å². The van der Waals surface area contributed by atoms with Crippen molar-refractivity contribution < 1.29 is 32.9 Å². The molecule has 0 saturated heterocycles. The Hall–Kier alpha value is -0.760. The number of aliphatic hydroxyl groups is 1. The van der Waals surface area contributed by atoms with Crippen molar-refractivity contribution in [2.45, 2.75) is 135 Å². The fraction of sp³-hybridized carbons (Fsp3) is 0.900. The summed E-state index contributed by atoms with van der Waals surface area (Å²) in [7, 11) is 1.25. The van der Waals surface area contributed by atoms with E-state index in [4.69, 9.17) is 9.05 Å². The summed E-state index contributed by atoms with van der Waals surface area (Å²) in [5.74, 6) is -0.375. The van der Waals surface area contributed by atoms with Crippen LogP contribution in [-0.4, -0.2) is 68.5 Å². The van der Waals surface area contributed by atoms with Crippen molar-refractivity contribution in [2.75, 3.05) is 40.9 Å². The van der Waals surface area contributed by atoms with E-state index in [1.54, 1.807) is 6.08 Å². The van der Waals surface area contributed by atoms with Crippen molar-refractivity contribution in [1.82, 2.24) is 5.32 Å². The monoisotopic (exact) mass is 576 g/mol. The molecule has 0 aliphatic rings. The van der Waals surface area contributed by atoms with Gasteiger partial charge in [-0.05, 0) is 12.8 Å². The third-order valence-corrected chi connectivity index (χ3v) is 7.75. The van der Waals surface area contributed by atoms with Crippen LogP contribution in [0.3, 0.4) is 0 Å². The van der Waals surface area contributed by atoms with E-state index in [-0.39, 0.29) is 12.5 Å². The molecule has 232 valence electrons. The maximum Gasteiger partial charge on any atom is 0.268 e. The minimum Gasteiger partial charge on any atom is -0.756 e. The van der Waals surface area contributed by atoms with Crippen LogP contribution in [0.25, 0.3) is 0 Å². The highest BCUT2D eigenvalue weighted by Crippen LogP contribution is 2.38. The molecular weight excluding hydrogens is 515 g/mol. The minimum atomic E-state index is -4.53. The summed E-state index contributed by atoms with van der Waals surface area (Å²) in [4.78, 5) is 23.6. The number of nitrogens with one attached hydrogen (secondary N) is 1.